The third-order valence-electron chi connectivity index (χ3n) is 6.75. The van der Waals surface area contributed by atoms with Gasteiger partial charge in [0.2, 0.25) is 0 Å². The third kappa shape index (κ3) is 4.88. The second kappa shape index (κ2) is 11.0. The fourth-order valence-corrected chi connectivity index (χ4v) is 5.52. The van der Waals surface area contributed by atoms with Gasteiger partial charge in [-0.2, -0.15) is 0 Å². The van der Waals surface area contributed by atoms with Gasteiger partial charge in [0.15, 0.2) is 5.96 Å². The maximum absolute atomic E-state index is 6.12. The number of ether oxygens (including phenoxy) is 3. The second-order valence-electron chi connectivity index (χ2n) is 8.48. The molecule has 1 saturated heterocycles. The Morgan fingerprint density at radius 1 is 1.27 bits per heavy atom. The van der Waals surface area contributed by atoms with Crippen molar-refractivity contribution in [2.45, 2.75) is 57.6 Å². The summed E-state index contributed by atoms with van der Waals surface area (Å²) in [5.41, 5.74) is 1.30. The number of hydrogen-bond donors (Lipinski definition) is 2. The molecule has 2 N–H and O–H groups in total. The molecule has 1 aromatic rings. The van der Waals surface area contributed by atoms with E-state index in [1.54, 1.807) is 7.11 Å². The molecule has 1 heterocycles. The summed E-state index contributed by atoms with van der Waals surface area (Å²) in [7, 11) is 1.71. The first-order valence-corrected chi connectivity index (χ1v) is 11.2. The first kappa shape index (κ1) is 23.6. The monoisotopic (exact) mass is 529 g/mol. The zero-order valence-corrected chi connectivity index (χ0v) is 20.5. The predicted octanol–water partition coefficient (Wildman–Crippen LogP) is 4.45. The zero-order chi connectivity index (χ0) is 20.1. The van der Waals surface area contributed by atoms with Gasteiger partial charge in [-0.1, -0.05) is 18.9 Å². The van der Waals surface area contributed by atoms with Gasteiger partial charge in [-0.05, 0) is 38.3 Å². The average molecular weight is 529 g/mol. The smallest absolute Gasteiger partial charge is 0.196 e. The lowest BCUT2D eigenvalue weighted by atomic mass is 9.54. The molecule has 0 aromatic heterocycles. The number of nitrogens with zero attached hydrogens (tertiary/aromatic N) is 1. The molecular weight excluding hydrogens is 493 g/mol. The van der Waals surface area contributed by atoms with Crippen LogP contribution in [0.15, 0.2) is 29.3 Å². The van der Waals surface area contributed by atoms with Gasteiger partial charge in [0.1, 0.15) is 5.75 Å². The number of guanidine groups is 1. The summed E-state index contributed by atoms with van der Waals surface area (Å²) in [6.45, 7) is 5.09. The van der Waals surface area contributed by atoms with Crippen LogP contribution in [-0.2, 0) is 9.47 Å². The fraction of sp³-hybridized carbons (Fsp3) is 0.696. The molecule has 3 unspecified atom stereocenters. The van der Waals surface area contributed by atoms with Gasteiger partial charge < -0.3 is 24.8 Å². The molecule has 30 heavy (non-hydrogen) atoms. The highest BCUT2D eigenvalue weighted by Crippen LogP contribution is 2.60. The van der Waals surface area contributed by atoms with E-state index >= 15 is 0 Å². The van der Waals surface area contributed by atoms with E-state index in [0.717, 1.165) is 43.4 Å². The minimum absolute atomic E-state index is 0. The Hall–Kier alpha value is -1.06. The minimum atomic E-state index is 0. The maximum Gasteiger partial charge on any atom is 0.196 e. The Bertz CT molecular complexity index is 709. The van der Waals surface area contributed by atoms with Crippen molar-refractivity contribution in [2.24, 2.45) is 16.3 Å². The van der Waals surface area contributed by atoms with E-state index in [0.29, 0.717) is 36.7 Å². The van der Waals surface area contributed by atoms with E-state index in [4.69, 9.17) is 19.2 Å². The second-order valence-corrected chi connectivity index (χ2v) is 8.48. The molecule has 2 saturated carbocycles. The van der Waals surface area contributed by atoms with Gasteiger partial charge in [-0.3, -0.25) is 4.99 Å². The summed E-state index contributed by atoms with van der Waals surface area (Å²) in [4.78, 5) is 4.72. The molecule has 0 bridgehead atoms. The molecule has 6 nitrogen and oxygen atoms in total. The van der Waals surface area contributed by atoms with E-state index in [-0.39, 0.29) is 24.0 Å². The molecule has 0 amide bonds. The lowest BCUT2D eigenvalue weighted by molar-refractivity contribution is -0.124. The highest BCUT2D eigenvalue weighted by Gasteiger charge is 2.65. The van der Waals surface area contributed by atoms with Crippen LogP contribution in [0.5, 0.6) is 5.75 Å². The number of fused-ring (bicyclic) bond motifs is 2. The van der Waals surface area contributed by atoms with E-state index in [9.17, 15) is 0 Å². The van der Waals surface area contributed by atoms with E-state index in [1.165, 1.54) is 25.7 Å². The number of aliphatic imine (C=N–C) groups is 1. The highest BCUT2D eigenvalue weighted by atomic mass is 127. The molecule has 7 heteroatoms. The van der Waals surface area contributed by atoms with Crippen LogP contribution in [-0.4, -0.2) is 51.6 Å². The summed E-state index contributed by atoms with van der Waals surface area (Å²) in [5.74, 6) is 2.35. The van der Waals surface area contributed by atoms with Crippen molar-refractivity contribution in [3.8, 4) is 5.75 Å². The molecule has 1 aromatic carbocycles. The van der Waals surface area contributed by atoms with E-state index < -0.39 is 0 Å². The van der Waals surface area contributed by atoms with Crippen molar-refractivity contribution in [3.05, 3.63) is 24.3 Å². The van der Waals surface area contributed by atoms with Crippen LogP contribution >= 0.6 is 24.0 Å². The molecule has 3 fully saturated rings. The molecule has 3 atom stereocenters. The zero-order valence-electron chi connectivity index (χ0n) is 18.2. The quantitative estimate of drug-likeness (QED) is 0.226. The van der Waals surface area contributed by atoms with Gasteiger partial charge in [0, 0.05) is 62.4 Å². The van der Waals surface area contributed by atoms with Gasteiger partial charge in [0.25, 0.3) is 0 Å². The van der Waals surface area contributed by atoms with Crippen molar-refractivity contribution >= 4 is 35.6 Å². The fourth-order valence-electron chi connectivity index (χ4n) is 5.52. The van der Waals surface area contributed by atoms with E-state index in [1.807, 2.05) is 18.2 Å². The Morgan fingerprint density at radius 2 is 2.10 bits per heavy atom. The maximum atomic E-state index is 6.12. The number of rotatable bonds is 8. The van der Waals surface area contributed by atoms with Gasteiger partial charge in [-0.15, -0.1) is 24.0 Å². The largest absolute Gasteiger partial charge is 0.493 e. The summed E-state index contributed by atoms with van der Waals surface area (Å²) < 4.78 is 17.0. The lowest BCUT2D eigenvalue weighted by Gasteiger charge is -2.57. The minimum Gasteiger partial charge on any atom is -0.493 e. The number of benzene rings is 1. The van der Waals surface area contributed by atoms with Crippen LogP contribution in [0.3, 0.4) is 0 Å². The molecule has 0 radical (unpaired) electrons. The normalized spacial score (nSPS) is 26.6. The highest BCUT2D eigenvalue weighted by molar-refractivity contribution is 14.0. The molecular formula is C23H36IN3O3. The Labute approximate surface area is 197 Å². The summed E-state index contributed by atoms with van der Waals surface area (Å²) >= 11 is 0. The average Bonchev–Trinajstić information content (AvgIpc) is 3.39. The number of methoxy groups -OCH3 is 1. The van der Waals surface area contributed by atoms with Gasteiger partial charge in [0.05, 0.1) is 12.7 Å². The first-order valence-electron chi connectivity index (χ1n) is 11.2. The number of nitrogens with one attached hydrogen (secondary N) is 2. The van der Waals surface area contributed by atoms with Gasteiger partial charge in [-0.25, -0.2) is 0 Å². The van der Waals surface area contributed by atoms with Crippen LogP contribution in [0.4, 0.5) is 5.69 Å². The van der Waals surface area contributed by atoms with Crippen LogP contribution in [0, 0.1) is 11.3 Å². The number of anilines is 1. The van der Waals surface area contributed by atoms with Crippen molar-refractivity contribution in [1.29, 1.82) is 0 Å². The van der Waals surface area contributed by atoms with Crippen LogP contribution in [0.2, 0.25) is 0 Å². The van der Waals surface area contributed by atoms with Crippen molar-refractivity contribution in [2.75, 3.05) is 38.8 Å². The molecule has 3 aliphatic rings. The van der Waals surface area contributed by atoms with Crippen LogP contribution in [0.25, 0.3) is 0 Å². The summed E-state index contributed by atoms with van der Waals surface area (Å²) in [5, 5.41) is 7.29. The van der Waals surface area contributed by atoms with Crippen LogP contribution < -0.4 is 15.4 Å². The first-order chi connectivity index (χ1) is 14.3. The Kier molecular flexibility index (Phi) is 8.65. The topological polar surface area (TPSA) is 64.1 Å². The number of halogens is 1. The van der Waals surface area contributed by atoms with Crippen molar-refractivity contribution < 1.29 is 14.2 Å². The van der Waals surface area contributed by atoms with Crippen molar-refractivity contribution in [1.82, 2.24) is 5.32 Å². The molecule has 2 aliphatic carbocycles. The molecule has 1 aliphatic heterocycles. The van der Waals surface area contributed by atoms with Crippen molar-refractivity contribution in [3.63, 3.8) is 0 Å². The SMILES string of the molecule is CCN=C(Nc1cccc(OCCCOC)c1)NC1C2CCOC2C12CCCC2.I. The molecule has 1 spiro atoms. The Balaban J connectivity index is 0.00000256. The summed E-state index contributed by atoms with van der Waals surface area (Å²) in [6.07, 6.45) is 7.68. The standard InChI is InChI=1S/C23H35N3O3.HI/c1-3-24-22(25-17-8-6-9-18(16-17)28-14-7-13-27-2)26-20-19-10-15-29-21(19)23(20)11-4-5-12-23;/h6,8-9,16,19-21H,3-5,7,10-15H2,1-2H3,(H2,24,25,26);1H. The summed E-state index contributed by atoms with van der Waals surface area (Å²) in [6, 6.07) is 8.56. The lowest BCUT2D eigenvalue weighted by Crippen LogP contribution is -2.68. The molecule has 4 rings (SSSR count). The third-order valence-corrected chi connectivity index (χ3v) is 6.75. The van der Waals surface area contributed by atoms with E-state index in [2.05, 4.69) is 23.6 Å². The molecule has 168 valence electrons. The predicted molar refractivity (Wildman–Crippen MR) is 131 cm³/mol. The Morgan fingerprint density at radius 3 is 2.87 bits per heavy atom. The van der Waals surface area contributed by atoms with Gasteiger partial charge >= 0.3 is 0 Å². The number of hydrogen-bond acceptors (Lipinski definition) is 4. The van der Waals surface area contributed by atoms with Crippen LogP contribution in [0.1, 0.15) is 45.4 Å².